The van der Waals surface area contributed by atoms with Gasteiger partial charge in [0, 0.05) is 12.6 Å². The maximum Gasteiger partial charge on any atom is 0.410 e. The molecule has 35 heavy (non-hydrogen) atoms. The molecular formula is C25H37N7O3. The van der Waals surface area contributed by atoms with Gasteiger partial charge in [-0.25, -0.2) is 19.7 Å². The predicted octanol–water partition coefficient (Wildman–Crippen LogP) is 4.24. The highest BCUT2D eigenvalue weighted by atomic mass is 16.4. The van der Waals surface area contributed by atoms with E-state index in [-0.39, 0.29) is 11.9 Å². The molecule has 2 aromatic rings. The van der Waals surface area contributed by atoms with E-state index in [1.807, 2.05) is 16.0 Å². The average molecular weight is 484 g/mol. The third-order valence-corrected chi connectivity index (χ3v) is 7.49. The second-order valence-corrected chi connectivity index (χ2v) is 10.6. The standard InChI is InChI=1S/C25H37N7O3/c1-5-15-9-11-16(12-10-15)13-32-18-20(27-14(2)17-7-6-8-17)29-22(19(26)28-24(33)34)30-21(18)31-23(32)25(3,4)35/h5,14-17,35H,1,6-13H2,2-4H3,(H2,26,28)(H,33,34)(H,27,29,30)/t14-,15?,16?/m1/s1. The summed E-state index contributed by atoms with van der Waals surface area (Å²) in [5, 5.41) is 33.7. The lowest BCUT2D eigenvalue weighted by atomic mass is 9.80. The van der Waals surface area contributed by atoms with Crippen molar-refractivity contribution < 1.29 is 15.0 Å². The summed E-state index contributed by atoms with van der Waals surface area (Å²) in [5.74, 6) is 2.04. The third-order valence-electron chi connectivity index (χ3n) is 7.49. The minimum Gasteiger partial charge on any atom is -0.465 e. The number of aromatic nitrogens is 4. The minimum absolute atomic E-state index is 0.0540. The molecule has 1 atom stereocenters. The number of carboxylic acid groups (broad SMARTS) is 1. The predicted molar refractivity (Wildman–Crippen MR) is 135 cm³/mol. The van der Waals surface area contributed by atoms with Gasteiger partial charge in [0.2, 0.25) is 0 Å². The number of fused-ring (bicyclic) bond motifs is 1. The molecule has 2 heterocycles. The Morgan fingerprint density at radius 3 is 2.46 bits per heavy atom. The Labute approximate surface area is 205 Å². The van der Waals surface area contributed by atoms with Crippen molar-refractivity contribution >= 4 is 28.9 Å². The second-order valence-electron chi connectivity index (χ2n) is 10.6. The van der Waals surface area contributed by atoms with Gasteiger partial charge < -0.3 is 20.1 Å². The van der Waals surface area contributed by atoms with Crippen LogP contribution in [0.25, 0.3) is 11.2 Å². The van der Waals surface area contributed by atoms with Gasteiger partial charge in [0.25, 0.3) is 0 Å². The maximum absolute atomic E-state index is 11.1. The Balaban J connectivity index is 1.79. The zero-order chi connectivity index (χ0) is 25.3. The molecule has 190 valence electrons. The van der Waals surface area contributed by atoms with Crippen LogP contribution >= 0.6 is 0 Å². The molecule has 5 N–H and O–H groups in total. The van der Waals surface area contributed by atoms with Gasteiger partial charge in [-0.3, -0.25) is 10.7 Å². The van der Waals surface area contributed by atoms with Gasteiger partial charge in [-0.15, -0.1) is 6.58 Å². The number of amides is 1. The number of carbonyl (C=O) groups is 1. The van der Waals surface area contributed by atoms with E-state index in [4.69, 9.17) is 10.5 Å². The number of anilines is 1. The Morgan fingerprint density at radius 2 is 1.91 bits per heavy atom. The highest BCUT2D eigenvalue weighted by Crippen LogP contribution is 2.36. The van der Waals surface area contributed by atoms with E-state index in [9.17, 15) is 9.90 Å². The van der Waals surface area contributed by atoms with Crippen LogP contribution in [0.5, 0.6) is 0 Å². The first-order valence-corrected chi connectivity index (χ1v) is 12.6. The van der Waals surface area contributed by atoms with Gasteiger partial charge in [-0.2, -0.15) is 0 Å². The van der Waals surface area contributed by atoms with Gasteiger partial charge >= 0.3 is 6.09 Å². The van der Waals surface area contributed by atoms with Gasteiger partial charge in [-0.1, -0.05) is 12.5 Å². The molecule has 10 nitrogen and oxygen atoms in total. The number of imidazole rings is 1. The summed E-state index contributed by atoms with van der Waals surface area (Å²) < 4.78 is 2.03. The monoisotopic (exact) mass is 483 g/mol. The largest absolute Gasteiger partial charge is 0.465 e. The smallest absolute Gasteiger partial charge is 0.410 e. The molecule has 2 saturated carbocycles. The first kappa shape index (κ1) is 25.1. The lowest BCUT2D eigenvalue weighted by Gasteiger charge is -2.32. The fraction of sp³-hybridized carbons (Fsp3) is 0.640. The van der Waals surface area contributed by atoms with Gasteiger partial charge in [0.15, 0.2) is 23.1 Å². The van der Waals surface area contributed by atoms with Crippen molar-refractivity contribution in [1.82, 2.24) is 24.8 Å². The van der Waals surface area contributed by atoms with Gasteiger partial charge in [0.05, 0.1) is 0 Å². The van der Waals surface area contributed by atoms with Crippen LogP contribution in [0, 0.1) is 23.2 Å². The second kappa shape index (κ2) is 9.93. The number of nitrogens with one attached hydrogen (secondary N) is 3. The maximum atomic E-state index is 11.1. The summed E-state index contributed by atoms with van der Waals surface area (Å²) in [5.41, 5.74) is -0.193. The molecule has 0 radical (unpaired) electrons. The lowest BCUT2D eigenvalue weighted by molar-refractivity contribution is 0.0637. The van der Waals surface area contributed by atoms with Crippen LogP contribution in [0.3, 0.4) is 0 Å². The van der Waals surface area contributed by atoms with Crippen LogP contribution in [-0.2, 0) is 12.1 Å². The number of aliphatic hydroxyl groups is 1. The summed E-state index contributed by atoms with van der Waals surface area (Å²) in [6, 6.07) is 0.147. The summed E-state index contributed by atoms with van der Waals surface area (Å²) >= 11 is 0. The zero-order valence-electron chi connectivity index (χ0n) is 20.8. The van der Waals surface area contributed by atoms with Crippen LogP contribution in [0.4, 0.5) is 10.6 Å². The van der Waals surface area contributed by atoms with Gasteiger partial charge in [0.1, 0.15) is 16.9 Å². The van der Waals surface area contributed by atoms with Crippen molar-refractivity contribution in [2.75, 3.05) is 5.32 Å². The third kappa shape index (κ3) is 5.47. The molecule has 0 spiro atoms. The molecule has 2 aromatic heterocycles. The van der Waals surface area contributed by atoms with Crippen molar-refractivity contribution in [1.29, 1.82) is 5.41 Å². The average Bonchev–Trinajstić information content (AvgIpc) is 3.11. The highest BCUT2D eigenvalue weighted by molar-refractivity contribution is 6.03. The van der Waals surface area contributed by atoms with Crippen molar-refractivity contribution in [2.45, 2.75) is 83.9 Å². The van der Waals surface area contributed by atoms with Crippen LogP contribution in [0.2, 0.25) is 0 Å². The number of rotatable bonds is 8. The molecule has 0 aliphatic heterocycles. The molecule has 0 aromatic carbocycles. The summed E-state index contributed by atoms with van der Waals surface area (Å²) in [4.78, 5) is 24.8. The Kier molecular flexibility index (Phi) is 7.12. The van der Waals surface area contributed by atoms with E-state index in [1.165, 1.54) is 6.42 Å². The topological polar surface area (TPSA) is 149 Å². The molecule has 0 saturated heterocycles. The Hall–Kier alpha value is -3.01. The van der Waals surface area contributed by atoms with E-state index in [2.05, 4.69) is 33.8 Å². The number of amidine groups is 1. The summed E-state index contributed by atoms with van der Waals surface area (Å²) in [7, 11) is 0. The molecule has 0 unspecified atom stereocenters. The molecule has 2 fully saturated rings. The normalized spacial score (nSPS) is 21.8. The quantitative estimate of drug-likeness (QED) is 0.214. The molecule has 2 aliphatic carbocycles. The van der Waals surface area contributed by atoms with Crippen LogP contribution < -0.4 is 10.6 Å². The fourth-order valence-electron chi connectivity index (χ4n) is 5.19. The van der Waals surface area contributed by atoms with E-state index in [0.29, 0.717) is 47.1 Å². The van der Waals surface area contributed by atoms with Crippen molar-refractivity contribution in [2.24, 2.45) is 17.8 Å². The van der Waals surface area contributed by atoms with Crippen LogP contribution in [0.15, 0.2) is 12.7 Å². The number of hydrogen-bond acceptors (Lipinski definition) is 7. The first-order chi connectivity index (χ1) is 16.6. The van der Waals surface area contributed by atoms with Crippen LogP contribution in [-0.4, -0.2) is 47.7 Å². The first-order valence-electron chi connectivity index (χ1n) is 12.6. The van der Waals surface area contributed by atoms with Crippen molar-refractivity contribution in [3.05, 3.63) is 24.3 Å². The molecule has 1 amide bonds. The molecule has 4 rings (SSSR count). The van der Waals surface area contributed by atoms with E-state index >= 15 is 0 Å². The minimum atomic E-state index is -1.35. The molecule has 0 bridgehead atoms. The highest BCUT2D eigenvalue weighted by Gasteiger charge is 2.32. The van der Waals surface area contributed by atoms with Crippen molar-refractivity contribution in [3.8, 4) is 0 Å². The summed E-state index contributed by atoms with van der Waals surface area (Å²) in [6.07, 6.45) is 8.52. The van der Waals surface area contributed by atoms with Crippen molar-refractivity contribution in [3.63, 3.8) is 0 Å². The van der Waals surface area contributed by atoms with Crippen LogP contribution in [0.1, 0.15) is 77.4 Å². The SMILES string of the molecule is C=CC1CCC(Cn2c(C(C)(C)O)nc3nc(C(=N)NC(=O)O)nc(N[C@H](C)C4CCC4)c32)CC1. The molecule has 10 heteroatoms. The Morgan fingerprint density at radius 1 is 1.23 bits per heavy atom. The fourth-order valence-corrected chi connectivity index (χ4v) is 5.19. The molecular weight excluding hydrogens is 446 g/mol. The van der Waals surface area contributed by atoms with E-state index in [0.717, 1.165) is 38.5 Å². The lowest BCUT2D eigenvalue weighted by Crippen LogP contribution is -2.33. The van der Waals surface area contributed by atoms with E-state index in [1.54, 1.807) is 13.8 Å². The Bertz CT molecular complexity index is 1110. The van der Waals surface area contributed by atoms with Gasteiger partial charge in [-0.05, 0) is 77.0 Å². The number of allylic oxidation sites excluding steroid dienone is 1. The van der Waals surface area contributed by atoms with E-state index < -0.39 is 17.5 Å². The number of nitrogens with zero attached hydrogens (tertiary/aromatic N) is 4. The zero-order valence-corrected chi connectivity index (χ0v) is 20.8. The number of hydrogen-bond donors (Lipinski definition) is 5. The molecule has 2 aliphatic rings. The summed E-state index contributed by atoms with van der Waals surface area (Å²) in [6.45, 7) is 10.1.